The normalized spacial score (nSPS) is 10.6. The van der Waals surface area contributed by atoms with Crippen LogP contribution in [0.15, 0.2) is 52.0 Å². The van der Waals surface area contributed by atoms with E-state index in [9.17, 15) is 14.9 Å². The van der Waals surface area contributed by atoms with Gasteiger partial charge < -0.3 is 0 Å². The maximum Gasteiger partial charge on any atom is 0.271 e. The van der Waals surface area contributed by atoms with Crippen molar-refractivity contribution in [1.82, 2.24) is 5.43 Å². The first-order chi connectivity index (χ1) is 10.5. The predicted molar refractivity (Wildman–Crippen MR) is 87.0 cm³/mol. The van der Waals surface area contributed by atoms with Crippen molar-refractivity contribution in [3.8, 4) is 0 Å². The summed E-state index contributed by atoms with van der Waals surface area (Å²) in [5, 5.41) is 14.5. The molecule has 7 heteroatoms. The van der Waals surface area contributed by atoms with E-state index in [0.717, 1.165) is 5.56 Å². The molecule has 0 aromatic heterocycles. The molecule has 0 saturated carbocycles. The number of halogens is 1. The Labute approximate surface area is 135 Å². The minimum Gasteiger partial charge on any atom is -0.267 e. The number of nitrogens with one attached hydrogen (secondary N) is 1. The molecule has 0 saturated heterocycles. The topological polar surface area (TPSA) is 84.6 Å². The number of nitro groups is 1. The van der Waals surface area contributed by atoms with E-state index in [1.807, 2.05) is 19.1 Å². The molecule has 2 rings (SSSR count). The number of non-ortho nitro benzene ring substituents is 1. The van der Waals surface area contributed by atoms with Gasteiger partial charge in [-0.3, -0.25) is 14.9 Å². The molecule has 0 aliphatic carbocycles. The van der Waals surface area contributed by atoms with E-state index in [1.54, 1.807) is 18.2 Å². The van der Waals surface area contributed by atoms with Crippen molar-refractivity contribution in [1.29, 1.82) is 0 Å². The number of hydrogen-bond acceptors (Lipinski definition) is 4. The van der Waals surface area contributed by atoms with E-state index in [-0.39, 0.29) is 11.6 Å². The zero-order valence-electron chi connectivity index (χ0n) is 11.6. The molecule has 0 aliphatic rings. The number of nitro benzene ring substituents is 1. The van der Waals surface area contributed by atoms with Crippen molar-refractivity contribution in [3.05, 3.63) is 73.7 Å². The van der Waals surface area contributed by atoms with E-state index >= 15 is 0 Å². The van der Waals surface area contributed by atoms with Gasteiger partial charge in [0, 0.05) is 27.7 Å². The van der Waals surface area contributed by atoms with Gasteiger partial charge in [-0.05, 0) is 40.5 Å². The van der Waals surface area contributed by atoms with Crippen LogP contribution in [-0.4, -0.2) is 17.0 Å². The smallest absolute Gasteiger partial charge is 0.267 e. The molecule has 1 amide bonds. The molecule has 0 spiro atoms. The van der Waals surface area contributed by atoms with Gasteiger partial charge in [0.25, 0.3) is 11.6 Å². The van der Waals surface area contributed by atoms with Crippen LogP contribution < -0.4 is 5.43 Å². The van der Waals surface area contributed by atoms with E-state index < -0.39 is 4.92 Å². The molecule has 0 unspecified atom stereocenters. The highest BCUT2D eigenvalue weighted by Gasteiger charge is 2.09. The maximum atomic E-state index is 12.0. The average Bonchev–Trinajstić information content (AvgIpc) is 2.49. The summed E-state index contributed by atoms with van der Waals surface area (Å²) in [7, 11) is 0. The van der Waals surface area contributed by atoms with E-state index in [0.29, 0.717) is 15.6 Å². The van der Waals surface area contributed by atoms with Gasteiger partial charge >= 0.3 is 0 Å². The average molecular weight is 362 g/mol. The minimum atomic E-state index is -0.481. The van der Waals surface area contributed by atoms with Crippen LogP contribution in [0.5, 0.6) is 0 Å². The molecular formula is C15H12BrN3O3. The van der Waals surface area contributed by atoms with Crippen molar-refractivity contribution in [2.75, 3.05) is 0 Å². The van der Waals surface area contributed by atoms with E-state index in [4.69, 9.17) is 0 Å². The molecule has 2 aromatic rings. The molecule has 0 fully saturated rings. The number of carbonyl (C=O) groups is 1. The third-order valence-electron chi connectivity index (χ3n) is 2.95. The third kappa shape index (κ3) is 3.76. The molecule has 6 nitrogen and oxygen atoms in total. The molecule has 22 heavy (non-hydrogen) atoms. The number of nitrogens with zero attached hydrogens (tertiary/aromatic N) is 2. The Hall–Kier alpha value is -2.54. The van der Waals surface area contributed by atoms with Gasteiger partial charge in [-0.1, -0.05) is 18.2 Å². The van der Waals surface area contributed by atoms with Gasteiger partial charge in [-0.2, -0.15) is 5.10 Å². The maximum absolute atomic E-state index is 12.0. The summed E-state index contributed by atoms with van der Waals surface area (Å²) < 4.78 is 0.524. The van der Waals surface area contributed by atoms with Crippen LogP contribution in [0, 0.1) is 17.0 Å². The largest absolute Gasteiger partial charge is 0.271 e. The number of carbonyl (C=O) groups excluding carboxylic acids is 1. The first-order valence-electron chi connectivity index (χ1n) is 6.32. The lowest BCUT2D eigenvalue weighted by molar-refractivity contribution is -0.384. The number of amides is 1. The molecule has 0 heterocycles. The highest BCUT2D eigenvalue weighted by Crippen LogP contribution is 2.21. The van der Waals surface area contributed by atoms with Crippen LogP contribution in [0.25, 0.3) is 0 Å². The molecule has 0 atom stereocenters. The predicted octanol–water partition coefficient (Wildman–Crippen LogP) is 3.43. The van der Waals surface area contributed by atoms with Crippen molar-refractivity contribution < 1.29 is 9.72 Å². The highest BCUT2D eigenvalue weighted by molar-refractivity contribution is 9.10. The van der Waals surface area contributed by atoms with Crippen LogP contribution in [-0.2, 0) is 0 Å². The second-order valence-electron chi connectivity index (χ2n) is 4.48. The zero-order chi connectivity index (χ0) is 16.1. The Morgan fingerprint density at radius 3 is 2.68 bits per heavy atom. The standard InChI is InChI=1S/C15H12BrN3O3/c1-10-4-2-3-5-13(10)15(20)18-17-9-11-6-7-12(19(21)22)8-14(11)16/h2-9H,1H3,(H,18,20)/b17-9+. The minimum absolute atomic E-state index is 0.0204. The van der Waals surface area contributed by atoms with Gasteiger partial charge in [-0.25, -0.2) is 5.43 Å². The van der Waals surface area contributed by atoms with Crippen LogP contribution in [0.2, 0.25) is 0 Å². The van der Waals surface area contributed by atoms with Crippen LogP contribution in [0.1, 0.15) is 21.5 Å². The van der Waals surface area contributed by atoms with Crippen molar-refractivity contribution in [3.63, 3.8) is 0 Å². The van der Waals surface area contributed by atoms with Crippen LogP contribution in [0.3, 0.4) is 0 Å². The first kappa shape index (κ1) is 15.8. The summed E-state index contributed by atoms with van der Waals surface area (Å²) in [5.74, 6) is -0.313. The molecular weight excluding hydrogens is 350 g/mol. The van der Waals surface area contributed by atoms with Gasteiger partial charge in [0.05, 0.1) is 11.1 Å². The Bertz CT molecular complexity index is 759. The van der Waals surface area contributed by atoms with Crippen molar-refractivity contribution in [2.45, 2.75) is 6.92 Å². The summed E-state index contributed by atoms with van der Waals surface area (Å²) in [6.07, 6.45) is 1.42. The Morgan fingerprint density at radius 1 is 1.32 bits per heavy atom. The Morgan fingerprint density at radius 2 is 2.05 bits per heavy atom. The fraction of sp³-hybridized carbons (Fsp3) is 0.0667. The summed E-state index contributed by atoms with van der Waals surface area (Å²) in [4.78, 5) is 22.1. The fourth-order valence-corrected chi connectivity index (χ4v) is 2.25. The molecule has 0 bridgehead atoms. The number of hydrazone groups is 1. The second kappa shape index (κ2) is 6.95. The van der Waals surface area contributed by atoms with Gasteiger partial charge in [0.15, 0.2) is 0 Å². The molecule has 0 aliphatic heterocycles. The lowest BCUT2D eigenvalue weighted by Gasteiger charge is -2.03. The lowest BCUT2D eigenvalue weighted by atomic mass is 10.1. The zero-order valence-corrected chi connectivity index (χ0v) is 13.2. The Kier molecular flexibility index (Phi) is 5.00. The third-order valence-corrected chi connectivity index (χ3v) is 3.64. The van der Waals surface area contributed by atoms with Crippen molar-refractivity contribution in [2.24, 2.45) is 5.10 Å². The number of rotatable bonds is 4. The lowest BCUT2D eigenvalue weighted by Crippen LogP contribution is -2.18. The van der Waals surface area contributed by atoms with E-state index in [1.165, 1.54) is 18.3 Å². The van der Waals surface area contributed by atoms with Crippen LogP contribution in [0.4, 0.5) is 5.69 Å². The van der Waals surface area contributed by atoms with Crippen molar-refractivity contribution >= 4 is 33.7 Å². The number of hydrogen-bond donors (Lipinski definition) is 1. The van der Waals surface area contributed by atoms with Gasteiger partial charge in [0.2, 0.25) is 0 Å². The quantitative estimate of drug-likeness (QED) is 0.514. The summed E-state index contributed by atoms with van der Waals surface area (Å²) >= 11 is 3.23. The molecule has 112 valence electrons. The van der Waals surface area contributed by atoms with Gasteiger partial charge in [-0.15, -0.1) is 0 Å². The molecule has 0 radical (unpaired) electrons. The number of benzene rings is 2. The fourth-order valence-electron chi connectivity index (χ4n) is 1.78. The summed E-state index contributed by atoms with van der Waals surface area (Å²) in [5.41, 5.74) is 4.43. The highest BCUT2D eigenvalue weighted by atomic mass is 79.9. The van der Waals surface area contributed by atoms with E-state index in [2.05, 4.69) is 26.5 Å². The Balaban J connectivity index is 2.08. The van der Waals surface area contributed by atoms with Gasteiger partial charge in [0.1, 0.15) is 0 Å². The monoisotopic (exact) mass is 361 g/mol. The molecule has 2 aromatic carbocycles. The van der Waals surface area contributed by atoms with Crippen LogP contribution >= 0.6 is 15.9 Å². The second-order valence-corrected chi connectivity index (χ2v) is 5.33. The molecule has 1 N–H and O–H groups in total. The number of aryl methyl sites for hydroxylation is 1. The summed E-state index contributed by atoms with van der Waals surface area (Å²) in [6.45, 7) is 1.84. The SMILES string of the molecule is Cc1ccccc1C(=O)N/N=C/c1ccc([N+](=O)[O-])cc1Br. The first-order valence-corrected chi connectivity index (χ1v) is 7.11. The summed E-state index contributed by atoms with van der Waals surface area (Å²) in [6, 6.07) is 11.5.